The van der Waals surface area contributed by atoms with Crippen LogP contribution in [0.25, 0.3) is 0 Å². The molecule has 0 fully saturated rings. The SMILES string of the molecule is CCN(CC)C(C)(C)C(Cc1ccc(Br)cc1F)NN. The largest absolute Gasteiger partial charge is 0.297 e. The zero-order valence-corrected chi connectivity index (χ0v) is 14.3. The number of benzene rings is 1. The van der Waals surface area contributed by atoms with Crippen LogP contribution in [0.5, 0.6) is 0 Å². The summed E-state index contributed by atoms with van der Waals surface area (Å²) in [5, 5.41) is 0. The highest BCUT2D eigenvalue weighted by Crippen LogP contribution is 2.24. The molecule has 0 amide bonds. The van der Waals surface area contributed by atoms with Gasteiger partial charge in [0.15, 0.2) is 0 Å². The first-order valence-corrected chi connectivity index (χ1v) is 7.81. The van der Waals surface area contributed by atoms with Gasteiger partial charge < -0.3 is 0 Å². The van der Waals surface area contributed by atoms with Crippen LogP contribution >= 0.6 is 15.9 Å². The summed E-state index contributed by atoms with van der Waals surface area (Å²) in [6.45, 7) is 10.4. The number of nitrogens with one attached hydrogen (secondary N) is 1. The van der Waals surface area contributed by atoms with E-state index in [1.807, 2.05) is 12.1 Å². The number of nitrogens with zero attached hydrogens (tertiary/aromatic N) is 1. The molecule has 0 aliphatic carbocycles. The molecular weight excluding hydrogens is 321 g/mol. The van der Waals surface area contributed by atoms with E-state index in [0.717, 1.165) is 17.6 Å². The van der Waals surface area contributed by atoms with Crippen LogP contribution in [0, 0.1) is 5.82 Å². The van der Waals surface area contributed by atoms with E-state index in [1.165, 1.54) is 6.07 Å². The molecule has 1 rings (SSSR count). The highest BCUT2D eigenvalue weighted by molar-refractivity contribution is 9.10. The molecule has 1 atom stereocenters. The molecule has 0 saturated heterocycles. The summed E-state index contributed by atoms with van der Waals surface area (Å²) in [5.74, 6) is 5.53. The monoisotopic (exact) mass is 345 g/mol. The van der Waals surface area contributed by atoms with Crippen molar-refractivity contribution in [1.29, 1.82) is 0 Å². The molecule has 114 valence electrons. The van der Waals surface area contributed by atoms with E-state index in [2.05, 4.69) is 54.0 Å². The average molecular weight is 346 g/mol. The Morgan fingerprint density at radius 1 is 1.35 bits per heavy atom. The molecule has 1 unspecified atom stereocenters. The summed E-state index contributed by atoms with van der Waals surface area (Å²) >= 11 is 3.28. The molecule has 0 spiro atoms. The van der Waals surface area contributed by atoms with Gasteiger partial charge in [0.1, 0.15) is 5.82 Å². The lowest BCUT2D eigenvalue weighted by Gasteiger charge is -2.43. The summed E-state index contributed by atoms with van der Waals surface area (Å²) in [7, 11) is 0. The van der Waals surface area contributed by atoms with Crippen LogP contribution in [0.3, 0.4) is 0 Å². The Hall–Kier alpha value is -0.490. The van der Waals surface area contributed by atoms with Gasteiger partial charge in [-0.05, 0) is 51.1 Å². The van der Waals surface area contributed by atoms with Gasteiger partial charge in [0.2, 0.25) is 0 Å². The van der Waals surface area contributed by atoms with Crippen molar-refractivity contribution in [1.82, 2.24) is 10.3 Å². The number of halogens is 2. The van der Waals surface area contributed by atoms with Crippen LogP contribution in [0.15, 0.2) is 22.7 Å². The van der Waals surface area contributed by atoms with Gasteiger partial charge >= 0.3 is 0 Å². The average Bonchev–Trinajstić information content (AvgIpc) is 2.38. The molecule has 1 aromatic rings. The fourth-order valence-electron chi connectivity index (χ4n) is 2.68. The Balaban J connectivity index is 2.96. The Morgan fingerprint density at radius 2 is 1.95 bits per heavy atom. The second-order valence-corrected chi connectivity index (χ2v) is 6.40. The van der Waals surface area contributed by atoms with Crippen molar-refractivity contribution in [3.63, 3.8) is 0 Å². The lowest BCUT2D eigenvalue weighted by atomic mass is 9.87. The Labute approximate surface area is 129 Å². The minimum atomic E-state index is -0.199. The standard InChI is InChI=1S/C15H25BrFN3/c1-5-20(6-2)15(3,4)14(19-18)9-11-7-8-12(16)10-13(11)17/h7-8,10,14,19H,5-6,9,18H2,1-4H3. The van der Waals surface area contributed by atoms with Gasteiger partial charge in [-0.2, -0.15) is 0 Å². The van der Waals surface area contributed by atoms with Crippen LogP contribution in [0.4, 0.5) is 4.39 Å². The van der Waals surface area contributed by atoms with Crippen molar-refractivity contribution < 1.29 is 4.39 Å². The highest BCUT2D eigenvalue weighted by atomic mass is 79.9. The summed E-state index contributed by atoms with van der Waals surface area (Å²) in [4.78, 5) is 2.33. The first-order chi connectivity index (χ1) is 9.36. The van der Waals surface area contributed by atoms with Gasteiger partial charge in [-0.1, -0.05) is 35.8 Å². The quantitative estimate of drug-likeness (QED) is 0.589. The minimum Gasteiger partial charge on any atom is -0.297 e. The number of likely N-dealkylation sites (N-methyl/N-ethyl adjacent to an activating group) is 1. The van der Waals surface area contributed by atoms with E-state index in [-0.39, 0.29) is 17.4 Å². The smallest absolute Gasteiger partial charge is 0.127 e. The third kappa shape index (κ3) is 4.01. The number of hydrogen-bond acceptors (Lipinski definition) is 3. The number of nitrogens with two attached hydrogens (primary N) is 1. The first-order valence-electron chi connectivity index (χ1n) is 7.01. The molecule has 0 bridgehead atoms. The topological polar surface area (TPSA) is 41.3 Å². The van der Waals surface area contributed by atoms with Crippen molar-refractivity contribution >= 4 is 15.9 Å². The van der Waals surface area contributed by atoms with Crippen molar-refractivity contribution in [2.24, 2.45) is 5.84 Å². The molecule has 5 heteroatoms. The van der Waals surface area contributed by atoms with Gasteiger partial charge in [-0.15, -0.1) is 0 Å². The van der Waals surface area contributed by atoms with Gasteiger partial charge in [0.05, 0.1) is 0 Å². The molecule has 0 aromatic heterocycles. The fraction of sp³-hybridized carbons (Fsp3) is 0.600. The molecular formula is C15H25BrFN3. The predicted octanol–water partition coefficient (Wildman–Crippen LogP) is 3.08. The summed E-state index contributed by atoms with van der Waals surface area (Å²) in [5.41, 5.74) is 3.38. The maximum Gasteiger partial charge on any atom is 0.127 e. The lowest BCUT2D eigenvalue weighted by Crippen LogP contribution is -2.60. The van der Waals surface area contributed by atoms with Gasteiger partial charge in [-0.25, -0.2) is 4.39 Å². The van der Waals surface area contributed by atoms with E-state index < -0.39 is 0 Å². The number of rotatable bonds is 7. The van der Waals surface area contributed by atoms with Crippen LogP contribution in [-0.4, -0.2) is 29.6 Å². The Kier molecular flexibility index (Phi) is 6.58. The van der Waals surface area contributed by atoms with Crippen LogP contribution in [0.1, 0.15) is 33.3 Å². The van der Waals surface area contributed by atoms with Crippen LogP contribution < -0.4 is 11.3 Å². The molecule has 0 heterocycles. The van der Waals surface area contributed by atoms with Crippen LogP contribution in [-0.2, 0) is 6.42 Å². The Morgan fingerprint density at radius 3 is 2.40 bits per heavy atom. The molecule has 0 saturated carbocycles. The maximum absolute atomic E-state index is 14.0. The van der Waals surface area contributed by atoms with Crippen molar-refractivity contribution in [3.8, 4) is 0 Å². The van der Waals surface area contributed by atoms with Gasteiger partial charge in [0, 0.05) is 16.1 Å². The Bertz CT molecular complexity index is 433. The second kappa shape index (κ2) is 7.50. The summed E-state index contributed by atoms with van der Waals surface area (Å²) in [6.07, 6.45) is 0.555. The van der Waals surface area contributed by atoms with Crippen molar-refractivity contribution in [3.05, 3.63) is 34.1 Å². The minimum absolute atomic E-state index is 0.0296. The molecule has 0 aliphatic heterocycles. The highest BCUT2D eigenvalue weighted by Gasteiger charge is 2.33. The van der Waals surface area contributed by atoms with E-state index in [4.69, 9.17) is 5.84 Å². The first kappa shape index (κ1) is 17.6. The van der Waals surface area contributed by atoms with E-state index in [0.29, 0.717) is 12.0 Å². The van der Waals surface area contributed by atoms with E-state index in [9.17, 15) is 4.39 Å². The van der Waals surface area contributed by atoms with E-state index >= 15 is 0 Å². The maximum atomic E-state index is 14.0. The molecule has 1 aromatic carbocycles. The molecule has 0 aliphatic rings. The van der Waals surface area contributed by atoms with Gasteiger partial charge in [-0.3, -0.25) is 16.2 Å². The summed E-state index contributed by atoms with van der Waals surface area (Å²) in [6, 6.07) is 5.13. The zero-order chi connectivity index (χ0) is 15.3. The molecule has 0 radical (unpaired) electrons. The van der Waals surface area contributed by atoms with Gasteiger partial charge in [0.25, 0.3) is 0 Å². The summed E-state index contributed by atoms with van der Waals surface area (Å²) < 4.78 is 14.7. The third-order valence-electron chi connectivity index (χ3n) is 4.07. The zero-order valence-electron chi connectivity index (χ0n) is 12.7. The number of hydrogen-bond donors (Lipinski definition) is 2. The second-order valence-electron chi connectivity index (χ2n) is 5.49. The van der Waals surface area contributed by atoms with Crippen molar-refractivity contribution in [2.75, 3.05) is 13.1 Å². The van der Waals surface area contributed by atoms with Crippen molar-refractivity contribution in [2.45, 2.75) is 45.7 Å². The van der Waals surface area contributed by atoms with Crippen LogP contribution in [0.2, 0.25) is 0 Å². The molecule has 3 N–H and O–H groups in total. The normalized spacial score (nSPS) is 13.8. The third-order valence-corrected chi connectivity index (χ3v) is 4.56. The van der Waals surface area contributed by atoms with E-state index in [1.54, 1.807) is 0 Å². The number of hydrazine groups is 1. The lowest BCUT2D eigenvalue weighted by molar-refractivity contribution is 0.0909. The molecule has 20 heavy (non-hydrogen) atoms. The molecule has 3 nitrogen and oxygen atoms in total. The fourth-order valence-corrected chi connectivity index (χ4v) is 3.01. The predicted molar refractivity (Wildman–Crippen MR) is 85.9 cm³/mol.